The van der Waals surface area contributed by atoms with Crippen LogP contribution < -0.4 is 15.0 Å². The Hall–Kier alpha value is -2.44. The molecule has 1 aliphatic heterocycles. The molecule has 1 aliphatic rings. The van der Waals surface area contributed by atoms with Crippen LogP contribution in [-0.4, -0.2) is 44.4 Å². The fourth-order valence-corrected chi connectivity index (χ4v) is 3.07. The lowest BCUT2D eigenvalue weighted by atomic mass is 10.1. The number of amides is 1. The van der Waals surface area contributed by atoms with Crippen molar-refractivity contribution < 1.29 is 19.4 Å². The van der Waals surface area contributed by atoms with Gasteiger partial charge in [0.2, 0.25) is 0 Å². The zero-order valence-electron chi connectivity index (χ0n) is 14.5. The molecule has 2 N–H and O–H groups in total. The predicted molar refractivity (Wildman–Crippen MR) is 100 cm³/mol. The number of aromatic hydroxyl groups is 1. The summed E-state index contributed by atoms with van der Waals surface area (Å²) >= 11 is 6.10. The average Bonchev–Trinajstić information content (AvgIpc) is 2.67. The molecular weight excluding hydrogens is 356 g/mol. The number of phenols is 1. The molecule has 2 aromatic carbocycles. The van der Waals surface area contributed by atoms with Gasteiger partial charge in [-0.2, -0.15) is 0 Å². The van der Waals surface area contributed by atoms with Gasteiger partial charge in [-0.1, -0.05) is 17.7 Å². The van der Waals surface area contributed by atoms with Gasteiger partial charge < -0.3 is 24.8 Å². The summed E-state index contributed by atoms with van der Waals surface area (Å²) in [6.07, 6.45) is 0. The zero-order valence-corrected chi connectivity index (χ0v) is 15.3. The summed E-state index contributed by atoms with van der Waals surface area (Å²) in [5.74, 6) is 0.213. The molecule has 3 rings (SSSR count). The minimum absolute atomic E-state index is 0.0380. The lowest BCUT2D eigenvalue weighted by Crippen LogP contribution is -2.37. The van der Waals surface area contributed by atoms with E-state index in [0.717, 1.165) is 24.3 Å². The highest BCUT2D eigenvalue weighted by Gasteiger charge is 2.19. The molecular formula is C19H21ClN2O4. The van der Waals surface area contributed by atoms with Crippen LogP contribution in [0.1, 0.15) is 15.9 Å². The summed E-state index contributed by atoms with van der Waals surface area (Å²) in [5.41, 5.74) is 2.14. The van der Waals surface area contributed by atoms with Crippen molar-refractivity contribution in [1.29, 1.82) is 0 Å². The molecule has 26 heavy (non-hydrogen) atoms. The third-order valence-electron chi connectivity index (χ3n) is 4.25. The van der Waals surface area contributed by atoms with Crippen molar-refractivity contribution in [2.75, 3.05) is 38.3 Å². The fourth-order valence-electron chi connectivity index (χ4n) is 2.89. The number of morpholine rings is 1. The van der Waals surface area contributed by atoms with Gasteiger partial charge in [-0.05, 0) is 35.9 Å². The Bertz CT molecular complexity index is 791. The van der Waals surface area contributed by atoms with Crippen molar-refractivity contribution in [1.82, 2.24) is 5.32 Å². The normalized spacial score (nSPS) is 14.2. The van der Waals surface area contributed by atoms with Crippen LogP contribution in [-0.2, 0) is 11.3 Å². The van der Waals surface area contributed by atoms with Crippen LogP contribution in [0.4, 0.5) is 5.69 Å². The van der Waals surface area contributed by atoms with Crippen molar-refractivity contribution in [2.24, 2.45) is 0 Å². The zero-order chi connectivity index (χ0) is 18.5. The van der Waals surface area contributed by atoms with Crippen LogP contribution in [0.15, 0.2) is 36.4 Å². The van der Waals surface area contributed by atoms with E-state index in [-0.39, 0.29) is 18.2 Å². The number of carbonyl (C=O) groups is 1. The van der Waals surface area contributed by atoms with Gasteiger partial charge in [0.05, 0.1) is 25.9 Å². The first-order chi connectivity index (χ1) is 12.6. The Balaban J connectivity index is 1.74. The quantitative estimate of drug-likeness (QED) is 0.839. The van der Waals surface area contributed by atoms with Crippen LogP contribution in [0.25, 0.3) is 0 Å². The van der Waals surface area contributed by atoms with E-state index in [1.54, 1.807) is 30.3 Å². The van der Waals surface area contributed by atoms with Gasteiger partial charge in [0.15, 0.2) is 11.5 Å². The van der Waals surface area contributed by atoms with Crippen molar-refractivity contribution in [3.63, 3.8) is 0 Å². The summed E-state index contributed by atoms with van der Waals surface area (Å²) in [7, 11) is 1.49. The lowest BCUT2D eigenvalue weighted by molar-refractivity contribution is 0.0949. The molecule has 2 aromatic rings. The Morgan fingerprint density at radius 3 is 2.73 bits per heavy atom. The number of carbonyl (C=O) groups excluding carboxylic acids is 1. The maximum absolute atomic E-state index is 12.7. The molecule has 6 nitrogen and oxygen atoms in total. The predicted octanol–water partition coefficient (Wildman–Crippen LogP) is 2.82. The molecule has 1 fully saturated rings. The Morgan fingerprint density at radius 1 is 1.27 bits per heavy atom. The molecule has 0 bridgehead atoms. The van der Waals surface area contributed by atoms with Gasteiger partial charge in [-0.15, -0.1) is 0 Å². The van der Waals surface area contributed by atoms with Crippen LogP contribution >= 0.6 is 11.6 Å². The number of benzene rings is 2. The molecule has 0 aromatic heterocycles. The molecule has 1 heterocycles. The second kappa shape index (κ2) is 8.29. The largest absolute Gasteiger partial charge is 0.504 e. The molecule has 1 saturated heterocycles. The summed E-state index contributed by atoms with van der Waals surface area (Å²) < 4.78 is 10.4. The van der Waals surface area contributed by atoms with Gasteiger partial charge in [-0.25, -0.2) is 0 Å². The maximum Gasteiger partial charge on any atom is 0.253 e. The number of hydrogen-bond acceptors (Lipinski definition) is 5. The second-order valence-electron chi connectivity index (χ2n) is 5.95. The summed E-state index contributed by atoms with van der Waals surface area (Å²) in [5, 5.41) is 13.2. The number of rotatable bonds is 5. The van der Waals surface area contributed by atoms with E-state index in [1.165, 1.54) is 7.11 Å². The maximum atomic E-state index is 12.7. The Labute approximate surface area is 157 Å². The second-order valence-corrected chi connectivity index (χ2v) is 6.39. The number of nitrogens with one attached hydrogen (secondary N) is 1. The monoisotopic (exact) mass is 376 g/mol. The smallest absolute Gasteiger partial charge is 0.253 e. The van der Waals surface area contributed by atoms with E-state index < -0.39 is 0 Å². The first-order valence-electron chi connectivity index (χ1n) is 8.35. The third kappa shape index (κ3) is 4.20. The molecule has 138 valence electrons. The van der Waals surface area contributed by atoms with Gasteiger partial charge in [-0.3, -0.25) is 4.79 Å². The summed E-state index contributed by atoms with van der Waals surface area (Å²) in [6.45, 7) is 3.01. The first kappa shape index (κ1) is 18.4. The lowest BCUT2D eigenvalue weighted by Gasteiger charge is -2.30. The molecule has 0 aliphatic carbocycles. The SMILES string of the molecule is COc1ccc(CNC(=O)c2cc(Cl)ccc2N2CCOCC2)cc1O. The van der Waals surface area contributed by atoms with Crippen molar-refractivity contribution in [3.8, 4) is 11.5 Å². The summed E-state index contributed by atoms with van der Waals surface area (Å²) in [6, 6.07) is 10.3. The van der Waals surface area contributed by atoms with Crippen LogP contribution in [0.2, 0.25) is 5.02 Å². The minimum Gasteiger partial charge on any atom is -0.504 e. The minimum atomic E-state index is -0.218. The number of phenolic OH excluding ortho intramolecular Hbond substituents is 1. The van der Waals surface area contributed by atoms with Gasteiger partial charge >= 0.3 is 0 Å². The molecule has 0 atom stereocenters. The first-order valence-corrected chi connectivity index (χ1v) is 8.72. The van der Waals surface area contributed by atoms with E-state index in [1.807, 2.05) is 6.07 Å². The number of methoxy groups -OCH3 is 1. The average molecular weight is 377 g/mol. The molecule has 7 heteroatoms. The van der Waals surface area contributed by atoms with E-state index in [4.69, 9.17) is 21.1 Å². The third-order valence-corrected chi connectivity index (χ3v) is 4.49. The van der Waals surface area contributed by atoms with Crippen LogP contribution in [0.5, 0.6) is 11.5 Å². The fraction of sp³-hybridized carbons (Fsp3) is 0.316. The van der Waals surface area contributed by atoms with Gasteiger partial charge in [0, 0.05) is 30.3 Å². The Morgan fingerprint density at radius 2 is 2.04 bits per heavy atom. The highest BCUT2D eigenvalue weighted by Crippen LogP contribution is 2.27. The number of nitrogens with zero attached hydrogens (tertiary/aromatic N) is 1. The van der Waals surface area contributed by atoms with Crippen LogP contribution in [0, 0.1) is 0 Å². The molecule has 0 spiro atoms. The van der Waals surface area contributed by atoms with Crippen molar-refractivity contribution >= 4 is 23.2 Å². The Kier molecular flexibility index (Phi) is 5.85. The van der Waals surface area contributed by atoms with Gasteiger partial charge in [0.25, 0.3) is 5.91 Å². The van der Waals surface area contributed by atoms with Crippen molar-refractivity contribution in [2.45, 2.75) is 6.54 Å². The highest BCUT2D eigenvalue weighted by atomic mass is 35.5. The van der Waals surface area contributed by atoms with Crippen molar-refractivity contribution in [3.05, 3.63) is 52.5 Å². The number of anilines is 1. The highest BCUT2D eigenvalue weighted by molar-refractivity contribution is 6.31. The van der Waals surface area contributed by atoms with Crippen LogP contribution in [0.3, 0.4) is 0 Å². The van der Waals surface area contributed by atoms with E-state index >= 15 is 0 Å². The summed E-state index contributed by atoms with van der Waals surface area (Å²) in [4.78, 5) is 14.8. The van der Waals surface area contributed by atoms with E-state index in [9.17, 15) is 9.90 Å². The molecule has 0 unspecified atom stereocenters. The van der Waals surface area contributed by atoms with Gasteiger partial charge in [0.1, 0.15) is 0 Å². The number of halogens is 1. The molecule has 1 amide bonds. The number of ether oxygens (including phenoxy) is 2. The van der Waals surface area contributed by atoms with E-state index in [0.29, 0.717) is 29.5 Å². The molecule has 0 radical (unpaired) electrons. The number of hydrogen-bond donors (Lipinski definition) is 2. The standard InChI is InChI=1S/C19H21ClN2O4/c1-25-18-5-2-13(10-17(18)23)12-21-19(24)15-11-14(20)3-4-16(15)22-6-8-26-9-7-22/h2-5,10-11,23H,6-9,12H2,1H3,(H,21,24). The van der Waals surface area contributed by atoms with E-state index in [2.05, 4.69) is 10.2 Å². The molecule has 0 saturated carbocycles. The topological polar surface area (TPSA) is 71.0 Å².